The van der Waals surface area contributed by atoms with Gasteiger partial charge in [-0.2, -0.15) is 0 Å². The van der Waals surface area contributed by atoms with Gasteiger partial charge < -0.3 is 10.2 Å². The third-order valence-electron chi connectivity index (χ3n) is 1.45. The Morgan fingerprint density at radius 1 is 1.62 bits per heavy atom. The standard InChI is InChI=1S/C9H9NO3/c11-6-2-4-8-7(9(12)13)3-1-5-10-8/h1-5,11H,6H2,(H,12,13). The van der Waals surface area contributed by atoms with Gasteiger partial charge in [-0.05, 0) is 18.2 Å². The van der Waals surface area contributed by atoms with E-state index < -0.39 is 5.97 Å². The Balaban J connectivity index is 3.05. The van der Waals surface area contributed by atoms with Crippen LogP contribution in [-0.2, 0) is 0 Å². The number of aliphatic hydroxyl groups excluding tert-OH is 1. The predicted molar refractivity (Wildman–Crippen MR) is 47.3 cm³/mol. The Kier molecular flexibility index (Phi) is 3.16. The second-order valence-electron chi connectivity index (χ2n) is 2.33. The van der Waals surface area contributed by atoms with E-state index >= 15 is 0 Å². The summed E-state index contributed by atoms with van der Waals surface area (Å²) in [6.45, 7) is -0.129. The van der Waals surface area contributed by atoms with Crippen molar-refractivity contribution in [3.05, 3.63) is 35.7 Å². The molecular formula is C9H9NO3. The summed E-state index contributed by atoms with van der Waals surface area (Å²) in [5, 5.41) is 17.2. The van der Waals surface area contributed by atoms with E-state index in [0.29, 0.717) is 5.69 Å². The third-order valence-corrected chi connectivity index (χ3v) is 1.45. The lowest BCUT2D eigenvalue weighted by Gasteiger charge is -1.97. The molecule has 0 radical (unpaired) electrons. The molecule has 1 aromatic heterocycles. The van der Waals surface area contributed by atoms with Crippen molar-refractivity contribution in [1.29, 1.82) is 0 Å². The number of aliphatic hydroxyl groups is 1. The largest absolute Gasteiger partial charge is 0.478 e. The van der Waals surface area contributed by atoms with Gasteiger partial charge >= 0.3 is 5.97 Å². The first-order chi connectivity index (χ1) is 6.25. The number of carboxylic acids is 1. The molecule has 0 spiro atoms. The molecule has 0 amide bonds. The molecule has 0 aliphatic rings. The SMILES string of the molecule is O=C(O)c1cccnc1C=CCO. The van der Waals surface area contributed by atoms with Gasteiger partial charge in [-0.1, -0.05) is 6.08 Å². The topological polar surface area (TPSA) is 70.4 Å². The lowest BCUT2D eigenvalue weighted by molar-refractivity contribution is 0.0696. The number of hydrogen-bond acceptors (Lipinski definition) is 3. The van der Waals surface area contributed by atoms with Crippen LogP contribution in [0.25, 0.3) is 6.08 Å². The van der Waals surface area contributed by atoms with Gasteiger partial charge in [0.05, 0.1) is 17.9 Å². The van der Waals surface area contributed by atoms with Crippen LogP contribution >= 0.6 is 0 Å². The van der Waals surface area contributed by atoms with Gasteiger partial charge in [-0.25, -0.2) is 4.79 Å². The molecule has 0 bridgehead atoms. The van der Waals surface area contributed by atoms with Crippen molar-refractivity contribution < 1.29 is 15.0 Å². The Hall–Kier alpha value is -1.68. The molecule has 0 unspecified atom stereocenters. The minimum Gasteiger partial charge on any atom is -0.478 e. The number of hydrogen-bond donors (Lipinski definition) is 2. The molecule has 68 valence electrons. The average Bonchev–Trinajstić information content (AvgIpc) is 2.15. The fraction of sp³-hybridized carbons (Fsp3) is 0.111. The number of aromatic nitrogens is 1. The van der Waals surface area contributed by atoms with Crippen molar-refractivity contribution in [2.45, 2.75) is 0 Å². The maximum atomic E-state index is 10.6. The summed E-state index contributed by atoms with van der Waals surface area (Å²) in [4.78, 5) is 14.5. The van der Waals surface area contributed by atoms with Crippen molar-refractivity contribution in [3.8, 4) is 0 Å². The Labute approximate surface area is 75.2 Å². The molecule has 4 nitrogen and oxygen atoms in total. The molecule has 0 aliphatic carbocycles. The highest BCUT2D eigenvalue weighted by atomic mass is 16.4. The van der Waals surface area contributed by atoms with E-state index in [1.165, 1.54) is 24.4 Å². The molecule has 0 saturated carbocycles. The molecule has 0 fully saturated rings. The molecule has 13 heavy (non-hydrogen) atoms. The van der Waals surface area contributed by atoms with Crippen LogP contribution in [-0.4, -0.2) is 27.8 Å². The first-order valence-electron chi connectivity index (χ1n) is 3.71. The van der Waals surface area contributed by atoms with Gasteiger partial charge in [-0.3, -0.25) is 4.98 Å². The Bertz CT molecular complexity index is 333. The highest BCUT2D eigenvalue weighted by molar-refractivity contribution is 5.91. The number of carbonyl (C=O) groups is 1. The molecule has 0 atom stereocenters. The average molecular weight is 179 g/mol. The zero-order chi connectivity index (χ0) is 9.68. The number of rotatable bonds is 3. The van der Waals surface area contributed by atoms with E-state index in [0.717, 1.165) is 0 Å². The quantitative estimate of drug-likeness (QED) is 0.719. The van der Waals surface area contributed by atoms with Crippen molar-refractivity contribution in [3.63, 3.8) is 0 Å². The van der Waals surface area contributed by atoms with Crippen molar-refractivity contribution >= 4 is 12.0 Å². The second kappa shape index (κ2) is 4.37. The predicted octanol–water partition coefficient (Wildman–Crippen LogP) is 0.785. The van der Waals surface area contributed by atoms with Gasteiger partial charge in [0.15, 0.2) is 0 Å². The maximum absolute atomic E-state index is 10.6. The summed E-state index contributed by atoms with van der Waals surface area (Å²) in [5.74, 6) is -1.02. The van der Waals surface area contributed by atoms with Crippen molar-refractivity contribution in [2.75, 3.05) is 6.61 Å². The van der Waals surface area contributed by atoms with Crippen LogP contribution in [0.1, 0.15) is 16.1 Å². The summed E-state index contributed by atoms with van der Waals surface area (Å²) in [7, 11) is 0. The second-order valence-corrected chi connectivity index (χ2v) is 2.33. The highest BCUT2D eigenvalue weighted by Gasteiger charge is 2.06. The molecule has 4 heteroatoms. The summed E-state index contributed by atoms with van der Waals surface area (Å²) in [5.41, 5.74) is 0.483. The Morgan fingerprint density at radius 3 is 3.00 bits per heavy atom. The lowest BCUT2D eigenvalue weighted by Crippen LogP contribution is -2.00. The molecular weight excluding hydrogens is 170 g/mol. The van der Waals surface area contributed by atoms with Crippen LogP contribution in [0.4, 0.5) is 0 Å². The maximum Gasteiger partial charge on any atom is 0.337 e. The fourth-order valence-corrected chi connectivity index (χ4v) is 0.896. The first-order valence-corrected chi connectivity index (χ1v) is 3.71. The highest BCUT2D eigenvalue weighted by Crippen LogP contribution is 2.06. The number of nitrogens with zero attached hydrogens (tertiary/aromatic N) is 1. The molecule has 1 rings (SSSR count). The van der Waals surface area contributed by atoms with Gasteiger partial charge in [0.25, 0.3) is 0 Å². The zero-order valence-electron chi connectivity index (χ0n) is 6.84. The molecule has 2 N–H and O–H groups in total. The van der Waals surface area contributed by atoms with Crippen LogP contribution < -0.4 is 0 Å². The van der Waals surface area contributed by atoms with E-state index in [9.17, 15) is 4.79 Å². The van der Waals surface area contributed by atoms with Gasteiger partial charge in [-0.15, -0.1) is 0 Å². The van der Waals surface area contributed by atoms with E-state index in [2.05, 4.69) is 4.98 Å². The van der Waals surface area contributed by atoms with Crippen LogP contribution in [0.15, 0.2) is 24.4 Å². The lowest BCUT2D eigenvalue weighted by atomic mass is 10.2. The van der Waals surface area contributed by atoms with Crippen LogP contribution in [0.3, 0.4) is 0 Å². The summed E-state index contributed by atoms with van der Waals surface area (Å²) < 4.78 is 0. The van der Waals surface area contributed by atoms with Crippen LogP contribution in [0.2, 0.25) is 0 Å². The van der Waals surface area contributed by atoms with Crippen LogP contribution in [0.5, 0.6) is 0 Å². The summed E-state index contributed by atoms with van der Waals surface area (Å²) in [6.07, 6.45) is 4.42. The van der Waals surface area contributed by atoms with E-state index in [1.54, 1.807) is 6.07 Å². The third kappa shape index (κ3) is 2.38. The summed E-state index contributed by atoms with van der Waals surface area (Å²) in [6, 6.07) is 3.02. The number of pyridine rings is 1. The Morgan fingerprint density at radius 2 is 2.38 bits per heavy atom. The van der Waals surface area contributed by atoms with E-state index in [4.69, 9.17) is 10.2 Å². The van der Waals surface area contributed by atoms with Gasteiger partial charge in [0.1, 0.15) is 0 Å². The molecule has 1 aromatic rings. The van der Waals surface area contributed by atoms with Crippen LogP contribution in [0, 0.1) is 0 Å². The minimum atomic E-state index is -1.02. The van der Waals surface area contributed by atoms with Gasteiger partial charge in [0.2, 0.25) is 0 Å². The first kappa shape index (κ1) is 9.41. The smallest absolute Gasteiger partial charge is 0.337 e. The monoisotopic (exact) mass is 179 g/mol. The molecule has 1 heterocycles. The summed E-state index contributed by atoms with van der Waals surface area (Å²) >= 11 is 0. The fourth-order valence-electron chi connectivity index (χ4n) is 0.896. The van der Waals surface area contributed by atoms with E-state index in [1.807, 2.05) is 0 Å². The molecule has 0 saturated heterocycles. The number of aromatic carboxylic acids is 1. The van der Waals surface area contributed by atoms with Crippen molar-refractivity contribution in [1.82, 2.24) is 4.98 Å². The molecule has 0 aromatic carbocycles. The van der Waals surface area contributed by atoms with Gasteiger partial charge in [0, 0.05) is 6.20 Å². The minimum absolute atomic E-state index is 0.129. The normalized spacial score (nSPS) is 10.5. The molecule has 0 aliphatic heterocycles. The zero-order valence-corrected chi connectivity index (χ0v) is 6.84. The number of carboxylic acid groups (broad SMARTS) is 1. The van der Waals surface area contributed by atoms with E-state index in [-0.39, 0.29) is 12.2 Å². The van der Waals surface area contributed by atoms with Crippen molar-refractivity contribution in [2.24, 2.45) is 0 Å².